The molecule has 17 heavy (non-hydrogen) atoms. The quantitative estimate of drug-likeness (QED) is 0.909. The van der Waals surface area contributed by atoms with E-state index in [1.807, 2.05) is 6.92 Å². The lowest BCUT2D eigenvalue weighted by Crippen LogP contribution is -2.23. The summed E-state index contributed by atoms with van der Waals surface area (Å²) in [7, 11) is 0. The van der Waals surface area contributed by atoms with Crippen LogP contribution < -0.4 is 5.32 Å². The normalized spacial score (nSPS) is 10.2. The third kappa shape index (κ3) is 2.88. The highest BCUT2D eigenvalue weighted by Crippen LogP contribution is 2.09. The van der Waals surface area contributed by atoms with Gasteiger partial charge in [-0.1, -0.05) is 18.2 Å². The maximum absolute atomic E-state index is 13.3. The van der Waals surface area contributed by atoms with E-state index in [2.05, 4.69) is 10.3 Å². The molecule has 2 rings (SSSR count). The molecule has 0 spiro atoms. The van der Waals surface area contributed by atoms with E-state index >= 15 is 0 Å². The molecule has 3 nitrogen and oxygen atoms in total. The van der Waals surface area contributed by atoms with Crippen molar-refractivity contribution in [1.82, 2.24) is 10.3 Å². The van der Waals surface area contributed by atoms with E-state index in [4.69, 9.17) is 0 Å². The highest BCUT2D eigenvalue weighted by molar-refractivity contribution is 7.11. The number of hydrogen-bond donors (Lipinski definition) is 1. The number of nitrogens with one attached hydrogen (secondary N) is 1. The highest BCUT2D eigenvalue weighted by atomic mass is 32.1. The van der Waals surface area contributed by atoms with E-state index in [-0.39, 0.29) is 18.3 Å². The summed E-state index contributed by atoms with van der Waals surface area (Å²) in [6, 6.07) is 6.36. The number of carbonyl (C=O) groups is 1. The molecule has 5 heteroatoms. The Morgan fingerprint density at radius 2 is 2.24 bits per heavy atom. The first-order chi connectivity index (χ1) is 8.16. The molecular weight excluding hydrogens is 239 g/mol. The van der Waals surface area contributed by atoms with Crippen LogP contribution in [-0.4, -0.2) is 10.9 Å². The van der Waals surface area contributed by atoms with E-state index < -0.39 is 0 Å². The summed E-state index contributed by atoms with van der Waals surface area (Å²) in [4.78, 5) is 15.7. The zero-order chi connectivity index (χ0) is 12.3. The molecule has 0 saturated carbocycles. The minimum atomic E-state index is -0.317. The van der Waals surface area contributed by atoms with Crippen LogP contribution in [0.3, 0.4) is 0 Å². The highest BCUT2D eigenvalue weighted by Gasteiger charge is 2.10. The lowest BCUT2D eigenvalue weighted by molar-refractivity contribution is 0.0950. The zero-order valence-electron chi connectivity index (χ0n) is 9.24. The van der Waals surface area contributed by atoms with Gasteiger partial charge < -0.3 is 5.32 Å². The van der Waals surface area contributed by atoms with Crippen molar-refractivity contribution in [3.63, 3.8) is 0 Å². The topological polar surface area (TPSA) is 42.0 Å². The van der Waals surface area contributed by atoms with Crippen molar-refractivity contribution in [2.24, 2.45) is 0 Å². The molecule has 0 bridgehead atoms. The number of nitrogens with zero attached hydrogens (tertiary/aromatic N) is 1. The molecule has 1 heterocycles. The van der Waals surface area contributed by atoms with Crippen LogP contribution in [0.2, 0.25) is 0 Å². The maximum Gasteiger partial charge on any atom is 0.280 e. The summed E-state index contributed by atoms with van der Waals surface area (Å²) in [5, 5.41) is 4.84. The van der Waals surface area contributed by atoms with E-state index in [9.17, 15) is 9.18 Å². The van der Waals surface area contributed by atoms with Gasteiger partial charge in [0, 0.05) is 23.2 Å². The van der Waals surface area contributed by atoms with Gasteiger partial charge in [-0.2, -0.15) is 0 Å². The van der Waals surface area contributed by atoms with Crippen molar-refractivity contribution < 1.29 is 9.18 Å². The number of amides is 1. The number of carbonyl (C=O) groups excluding carboxylic acids is 1. The van der Waals surface area contributed by atoms with Gasteiger partial charge in [0.2, 0.25) is 0 Å². The van der Waals surface area contributed by atoms with Crippen LogP contribution in [0.25, 0.3) is 0 Å². The third-order valence-corrected chi connectivity index (χ3v) is 3.17. The molecule has 1 aromatic heterocycles. The van der Waals surface area contributed by atoms with Crippen LogP contribution in [0.4, 0.5) is 4.39 Å². The molecule has 1 N–H and O–H groups in total. The molecule has 0 aliphatic carbocycles. The predicted molar refractivity (Wildman–Crippen MR) is 64.4 cm³/mol. The summed E-state index contributed by atoms with van der Waals surface area (Å²) in [5.41, 5.74) is 1.28. The molecule has 0 aliphatic rings. The van der Waals surface area contributed by atoms with E-state index in [1.165, 1.54) is 17.4 Å². The van der Waals surface area contributed by atoms with Crippen LogP contribution in [0, 0.1) is 12.7 Å². The Kier molecular flexibility index (Phi) is 3.49. The van der Waals surface area contributed by atoms with E-state index in [0.717, 1.165) is 5.69 Å². The average molecular weight is 250 g/mol. The molecule has 0 atom stereocenters. The second kappa shape index (κ2) is 5.05. The van der Waals surface area contributed by atoms with Gasteiger partial charge in [-0.3, -0.25) is 4.79 Å². The number of aromatic nitrogens is 1. The van der Waals surface area contributed by atoms with Crippen LogP contribution in [0.5, 0.6) is 0 Å². The summed E-state index contributed by atoms with van der Waals surface area (Å²) >= 11 is 1.28. The molecule has 0 saturated heterocycles. The first-order valence-corrected chi connectivity index (χ1v) is 5.98. The van der Waals surface area contributed by atoms with E-state index in [0.29, 0.717) is 10.6 Å². The number of halogens is 1. The standard InChI is InChI=1S/C12H11FN2OS/c1-8-7-17-12(15-8)11(16)14-6-9-4-2-3-5-10(9)13/h2-5,7H,6H2,1H3,(H,14,16). The number of benzene rings is 1. The molecule has 0 radical (unpaired) electrons. The second-order valence-electron chi connectivity index (χ2n) is 3.57. The Labute approximate surface area is 102 Å². The average Bonchev–Trinajstić information content (AvgIpc) is 2.74. The van der Waals surface area contributed by atoms with Crippen molar-refractivity contribution in [2.75, 3.05) is 0 Å². The van der Waals surface area contributed by atoms with Crippen LogP contribution in [-0.2, 0) is 6.54 Å². The Hall–Kier alpha value is -1.75. The molecule has 0 unspecified atom stereocenters. The number of hydrogen-bond acceptors (Lipinski definition) is 3. The monoisotopic (exact) mass is 250 g/mol. The van der Waals surface area contributed by atoms with Crippen molar-refractivity contribution in [3.8, 4) is 0 Å². The fourth-order valence-corrected chi connectivity index (χ4v) is 2.06. The molecule has 0 aliphatic heterocycles. The summed E-state index contributed by atoms with van der Waals surface area (Å²) in [6.07, 6.45) is 0. The molecular formula is C12H11FN2OS. The van der Waals surface area contributed by atoms with Crippen molar-refractivity contribution in [3.05, 3.63) is 51.7 Å². The van der Waals surface area contributed by atoms with Crippen LogP contribution in [0.1, 0.15) is 21.1 Å². The zero-order valence-corrected chi connectivity index (χ0v) is 10.1. The first kappa shape index (κ1) is 11.7. The summed E-state index contributed by atoms with van der Waals surface area (Å²) in [6.45, 7) is 1.99. The van der Waals surface area contributed by atoms with E-state index in [1.54, 1.807) is 23.6 Å². The minimum absolute atomic E-state index is 0.171. The van der Waals surface area contributed by atoms with Gasteiger partial charge in [-0.25, -0.2) is 9.37 Å². The fraction of sp³-hybridized carbons (Fsp3) is 0.167. The molecule has 1 amide bonds. The number of aryl methyl sites for hydroxylation is 1. The number of thiazole rings is 1. The fourth-order valence-electron chi connectivity index (χ4n) is 1.35. The van der Waals surface area contributed by atoms with Crippen LogP contribution >= 0.6 is 11.3 Å². The molecule has 2 aromatic rings. The molecule has 88 valence electrons. The van der Waals surface area contributed by atoms with Crippen LogP contribution in [0.15, 0.2) is 29.6 Å². The first-order valence-electron chi connectivity index (χ1n) is 5.10. The van der Waals surface area contributed by atoms with Crippen molar-refractivity contribution in [2.45, 2.75) is 13.5 Å². The largest absolute Gasteiger partial charge is 0.346 e. The Morgan fingerprint density at radius 3 is 2.88 bits per heavy atom. The van der Waals surface area contributed by atoms with Gasteiger partial charge in [0.25, 0.3) is 5.91 Å². The van der Waals surface area contributed by atoms with Gasteiger partial charge >= 0.3 is 0 Å². The lowest BCUT2D eigenvalue weighted by Gasteiger charge is -2.04. The lowest BCUT2D eigenvalue weighted by atomic mass is 10.2. The van der Waals surface area contributed by atoms with Gasteiger partial charge in [-0.05, 0) is 13.0 Å². The maximum atomic E-state index is 13.3. The van der Waals surface area contributed by atoms with Gasteiger partial charge in [0.05, 0.1) is 0 Å². The minimum Gasteiger partial charge on any atom is -0.346 e. The smallest absolute Gasteiger partial charge is 0.280 e. The summed E-state index contributed by atoms with van der Waals surface area (Å²) < 4.78 is 13.3. The van der Waals surface area contributed by atoms with Gasteiger partial charge in [-0.15, -0.1) is 11.3 Å². The predicted octanol–water partition coefficient (Wildman–Crippen LogP) is 2.52. The van der Waals surface area contributed by atoms with Crippen molar-refractivity contribution >= 4 is 17.2 Å². The number of rotatable bonds is 3. The Bertz CT molecular complexity index is 539. The summed E-state index contributed by atoms with van der Waals surface area (Å²) in [5.74, 6) is -0.588. The Morgan fingerprint density at radius 1 is 1.47 bits per heavy atom. The SMILES string of the molecule is Cc1csc(C(=O)NCc2ccccc2F)n1. The third-order valence-electron chi connectivity index (χ3n) is 2.21. The molecule has 1 aromatic carbocycles. The molecule has 0 fully saturated rings. The van der Waals surface area contributed by atoms with Gasteiger partial charge in [0.1, 0.15) is 5.82 Å². The second-order valence-corrected chi connectivity index (χ2v) is 4.43. The van der Waals surface area contributed by atoms with Crippen molar-refractivity contribution in [1.29, 1.82) is 0 Å². The Balaban J connectivity index is 1.99. The van der Waals surface area contributed by atoms with Gasteiger partial charge in [0.15, 0.2) is 5.01 Å².